The van der Waals surface area contributed by atoms with E-state index < -0.39 is 0 Å². The molecule has 0 saturated heterocycles. The Morgan fingerprint density at radius 2 is 0.784 bits per heavy atom. The van der Waals surface area contributed by atoms with Gasteiger partial charge in [0.1, 0.15) is 11.6 Å². The van der Waals surface area contributed by atoms with Crippen molar-refractivity contribution in [2.75, 3.05) is 9.80 Å². The van der Waals surface area contributed by atoms with Crippen molar-refractivity contribution in [1.82, 2.24) is 15.0 Å². The minimum atomic E-state index is 0.0128. The molecule has 1 unspecified atom stereocenters. The maximum atomic E-state index is 4.81. The predicted molar refractivity (Wildman–Crippen MR) is 208 cm³/mol. The fourth-order valence-electron chi connectivity index (χ4n) is 6.57. The minimum Gasteiger partial charge on any atom is -0.295 e. The van der Waals surface area contributed by atoms with E-state index in [-0.39, 0.29) is 5.92 Å². The van der Waals surface area contributed by atoms with Gasteiger partial charge in [0.05, 0.1) is 23.0 Å². The second-order valence-electron chi connectivity index (χ2n) is 12.2. The highest BCUT2D eigenvalue weighted by atomic mass is 15.2. The molecule has 3 heterocycles. The number of aromatic nitrogens is 3. The van der Waals surface area contributed by atoms with Crippen LogP contribution in [0.4, 0.5) is 34.4 Å². The zero-order valence-corrected chi connectivity index (χ0v) is 27.9. The number of rotatable bonds is 10. The summed E-state index contributed by atoms with van der Waals surface area (Å²) < 4.78 is 0. The van der Waals surface area contributed by atoms with Crippen molar-refractivity contribution in [2.45, 2.75) is 5.92 Å². The number of pyridine rings is 3. The Kier molecular flexibility index (Phi) is 9.07. The Labute approximate surface area is 298 Å². The van der Waals surface area contributed by atoms with Crippen LogP contribution < -0.4 is 9.80 Å². The molecule has 0 aliphatic heterocycles. The molecule has 3 aromatic heterocycles. The zero-order valence-electron chi connectivity index (χ0n) is 27.9. The Hall–Kier alpha value is -6.85. The Morgan fingerprint density at radius 1 is 0.333 bits per heavy atom. The topological polar surface area (TPSA) is 45.2 Å². The van der Waals surface area contributed by atoms with E-state index in [4.69, 9.17) is 15.0 Å². The number of para-hydroxylation sites is 2. The smallest absolute Gasteiger partial charge is 0.137 e. The molecular formula is C46H35N5. The second kappa shape index (κ2) is 14.7. The van der Waals surface area contributed by atoms with Gasteiger partial charge < -0.3 is 0 Å². The monoisotopic (exact) mass is 657 g/mol. The molecule has 1 atom stereocenters. The zero-order chi connectivity index (χ0) is 34.2. The molecule has 5 nitrogen and oxygen atoms in total. The van der Waals surface area contributed by atoms with E-state index in [1.807, 2.05) is 73.2 Å². The third-order valence-corrected chi connectivity index (χ3v) is 8.90. The van der Waals surface area contributed by atoms with E-state index in [2.05, 4.69) is 143 Å². The van der Waals surface area contributed by atoms with Crippen molar-refractivity contribution in [1.29, 1.82) is 0 Å². The SMILES string of the molecule is c1ccc(C(c2ccc(-c3cc(N(c4ccccc4)c4ccccn4)cc(N(c4ccccc4)c4ccccn4)c3)cc2)c2ccccn2)cc1. The van der Waals surface area contributed by atoms with Gasteiger partial charge >= 0.3 is 0 Å². The van der Waals surface area contributed by atoms with Crippen LogP contribution in [0.1, 0.15) is 22.7 Å². The summed E-state index contributed by atoms with van der Waals surface area (Å²) in [5, 5.41) is 0. The van der Waals surface area contributed by atoms with Crippen LogP contribution in [-0.2, 0) is 0 Å². The highest BCUT2D eigenvalue weighted by Gasteiger charge is 2.21. The van der Waals surface area contributed by atoms with Gasteiger partial charge in [0.25, 0.3) is 0 Å². The van der Waals surface area contributed by atoms with Crippen molar-refractivity contribution in [3.8, 4) is 11.1 Å². The molecule has 0 bridgehead atoms. The van der Waals surface area contributed by atoms with Crippen molar-refractivity contribution in [3.63, 3.8) is 0 Å². The molecular weight excluding hydrogens is 623 g/mol. The number of hydrogen-bond donors (Lipinski definition) is 0. The van der Waals surface area contributed by atoms with E-state index in [9.17, 15) is 0 Å². The molecule has 0 aliphatic rings. The molecule has 0 N–H and O–H groups in total. The summed E-state index contributed by atoms with van der Waals surface area (Å²) in [6, 6.07) is 65.1. The van der Waals surface area contributed by atoms with E-state index in [0.29, 0.717) is 0 Å². The summed E-state index contributed by atoms with van der Waals surface area (Å²) in [5.74, 6) is 1.67. The summed E-state index contributed by atoms with van der Waals surface area (Å²) in [5.41, 5.74) is 9.54. The Balaban J connectivity index is 1.31. The van der Waals surface area contributed by atoms with Gasteiger partial charge in [0.2, 0.25) is 0 Å². The Bertz CT molecular complexity index is 2060. The van der Waals surface area contributed by atoms with Crippen molar-refractivity contribution in [3.05, 3.63) is 223 Å². The van der Waals surface area contributed by atoms with Gasteiger partial charge in [-0.05, 0) is 101 Å². The maximum Gasteiger partial charge on any atom is 0.137 e. The van der Waals surface area contributed by atoms with Gasteiger partial charge in [-0.25, -0.2) is 9.97 Å². The van der Waals surface area contributed by atoms with Crippen LogP contribution in [0.15, 0.2) is 207 Å². The van der Waals surface area contributed by atoms with Crippen LogP contribution >= 0.6 is 0 Å². The average molecular weight is 658 g/mol. The normalized spacial score (nSPS) is 11.5. The molecule has 0 spiro atoms. The lowest BCUT2D eigenvalue weighted by Crippen LogP contribution is -2.15. The quantitative estimate of drug-likeness (QED) is 0.146. The van der Waals surface area contributed by atoms with Crippen molar-refractivity contribution in [2.24, 2.45) is 0 Å². The van der Waals surface area contributed by atoms with Gasteiger partial charge in [0.15, 0.2) is 0 Å². The highest BCUT2D eigenvalue weighted by Crippen LogP contribution is 2.42. The number of hydrogen-bond acceptors (Lipinski definition) is 5. The largest absolute Gasteiger partial charge is 0.295 e. The van der Waals surface area contributed by atoms with E-state index >= 15 is 0 Å². The van der Waals surface area contributed by atoms with Gasteiger partial charge in [-0.2, -0.15) is 0 Å². The molecule has 8 rings (SSSR count). The number of nitrogens with zero attached hydrogens (tertiary/aromatic N) is 5. The first-order valence-corrected chi connectivity index (χ1v) is 17.1. The standard InChI is InChI=1S/C46H35N5/c1-4-16-36(17-5-1)46(43-22-10-13-29-47-43)37-27-25-35(26-28-37)38-32-41(50(39-18-6-2-7-19-39)44-23-11-14-30-48-44)34-42(33-38)51(40-20-8-3-9-21-40)45-24-12-15-31-49-45/h1-34,46H. The highest BCUT2D eigenvalue weighted by molar-refractivity contribution is 5.86. The van der Waals surface area contributed by atoms with Crippen molar-refractivity contribution >= 4 is 34.4 Å². The first-order valence-electron chi connectivity index (χ1n) is 17.1. The summed E-state index contributed by atoms with van der Waals surface area (Å²) in [6.45, 7) is 0. The molecule has 0 amide bonds. The lowest BCUT2D eigenvalue weighted by Gasteiger charge is -2.29. The van der Waals surface area contributed by atoms with E-state index in [1.54, 1.807) is 0 Å². The minimum absolute atomic E-state index is 0.0128. The molecule has 8 aromatic rings. The summed E-state index contributed by atoms with van der Waals surface area (Å²) in [7, 11) is 0. The van der Waals surface area contributed by atoms with Gasteiger partial charge in [-0.3, -0.25) is 14.8 Å². The summed E-state index contributed by atoms with van der Waals surface area (Å²) >= 11 is 0. The van der Waals surface area contributed by atoms with Gasteiger partial charge in [-0.1, -0.05) is 109 Å². The van der Waals surface area contributed by atoms with E-state index in [1.165, 1.54) is 11.1 Å². The molecule has 0 fully saturated rings. The van der Waals surface area contributed by atoms with Crippen molar-refractivity contribution < 1.29 is 0 Å². The fourth-order valence-corrected chi connectivity index (χ4v) is 6.57. The van der Waals surface area contributed by atoms with Crippen LogP contribution in [0.25, 0.3) is 11.1 Å². The molecule has 0 aliphatic carbocycles. The molecule has 51 heavy (non-hydrogen) atoms. The fraction of sp³-hybridized carbons (Fsp3) is 0.0217. The number of anilines is 6. The first-order chi connectivity index (χ1) is 25.3. The molecule has 5 aromatic carbocycles. The molecule has 5 heteroatoms. The predicted octanol–water partition coefficient (Wildman–Crippen LogP) is 11.7. The van der Waals surface area contributed by atoms with Crippen LogP contribution in [0.2, 0.25) is 0 Å². The molecule has 0 radical (unpaired) electrons. The van der Waals surface area contributed by atoms with Gasteiger partial charge in [0, 0.05) is 30.0 Å². The first kappa shape index (κ1) is 31.4. The second-order valence-corrected chi connectivity index (χ2v) is 12.2. The molecule has 244 valence electrons. The average Bonchev–Trinajstić information content (AvgIpc) is 3.21. The van der Waals surface area contributed by atoms with Gasteiger partial charge in [-0.15, -0.1) is 0 Å². The Morgan fingerprint density at radius 3 is 1.25 bits per heavy atom. The van der Waals surface area contributed by atoms with Crippen LogP contribution in [0.5, 0.6) is 0 Å². The van der Waals surface area contributed by atoms with E-state index in [0.717, 1.165) is 51.2 Å². The maximum absolute atomic E-state index is 4.81. The summed E-state index contributed by atoms with van der Waals surface area (Å²) in [6.07, 6.45) is 5.54. The lowest BCUT2D eigenvalue weighted by atomic mass is 9.87. The number of benzene rings is 5. The lowest BCUT2D eigenvalue weighted by molar-refractivity contribution is 0.919. The van der Waals surface area contributed by atoms with Crippen LogP contribution in [0, 0.1) is 0 Å². The van der Waals surface area contributed by atoms with Crippen LogP contribution in [-0.4, -0.2) is 15.0 Å². The molecule has 0 saturated carbocycles. The summed E-state index contributed by atoms with van der Waals surface area (Å²) in [4.78, 5) is 18.8. The van der Waals surface area contributed by atoms with Crippen LogP contribution in [0.3, 0.4) is 0 Å². The third kappa shape index (κ3) is 6.87. The third-order valence-electron chi connectivity index (χ3n) is 8.90.